The van der Waals surface area contributed by atoms with Gasteiger partial charge in [-0.1, -0.05) is 188 Å². The summed E-state index contributed by atoms with van der Waals surface area (Å²) in [7, 11) is -0.344. The second-order valence-corrected chi connectivity index (χ2v) is 23.9. The lowest BCUT2D eigenvalue weighted by molar-refractivity contribution is 0.00578. The first-order valence-electron chi connectivity index (χ1n) is 26.3. The Hall–Kier alpha value is -6.53. The van der Waals surface area contributed by atoms with Crippen molar-refractivity contribution in [3.63, 3.8) is 0 Å². The summed E-state index contributed by atoms with van der Waals surface area (Å²) in [6.45, 7) is 16.8. The Morgan fingerprint density at radius 3 is 0.769 bits per heavy atom. The first-order chi connectivity index (χ1) is 37.5. The summed E-state index contributed by atoms with van der Waals surface area (Å²) in [5, 5.41) is 0. The molecule has 0 unspecified atom stereocenters. The van der Waals surface area contributed by atoms with Gasteiger partial charge in [0.25, 0.3) is 0 Å². The minimum Gasteiger partial charge on any atom is -0.399 e. The zero-order valence-electron chi connectivity index (χ0n) is 45.5. The molecule has 1 aliphatic rings. The Morgan fingerprint density at radius 1 is 0.308 bits per heavy atom. The smallest absolute Gasteiger partial charge is 0.399 e. The predicted molar refractivity (Wildman–Crippen MR) is 348 cm³/mol. The standard InChI is InChI=1S/C32H34BNO2.C32H26BrN.C6H4BrI/c1-23-7-17-28(18-8-23)34(29-19-9-24(2)10-20-29)30-21-13-26(14-22-30)25-11-15-27(16-12-25)33-35-31(3,4)32(5,6)36-33;1-23-3-17-30(18-4-23)34(31-19-5-24(2)6-20-31)32-21-13-28(14-22-32)26-9-7-25(8-10-26)27-11-15-29(33)16-12-27;7-5-1-3-6(8)4-2-5/h7-22H,1-6H3;3-22H,1-2H3;1-4H. The van der Waals surface area contributed by atoms with Crippen molar-refractivity contribution in [3.8, 4) is 33.4 Å². The van der Waals surface area contributed by atoms with E-state index in [4.69, 9.17) is 9.31 Å². The molecule has 0 atom stereocenters. The molecule has 0 aromatic heterocycles. The van der Waals surface area contributed by atoms with Crippen LogP contribution in [0.4, 0.5) is 34.1 Å². The van der Waals surface area contributed by atoms with Gasteiger partial charge < -0.3 is 19.1 Å². The predicted octanol–water partition coefficient (Wildman–Crippen LogP) is 20.7. The van der Waals surface area contributed by atoms with E-state index in [1.54, 1.807) is 0 Å². The second kappa shape index (κ2) is 25.1. The molecule has 0 aliphatic carbocycles. The monoisotopic (exact) mass is 1260 g/mol. The van der Waals surface area contributed by atoms with E-state index < -0.39 is 0 Å². The topological polar surface area (TPSA) is 24.9 Å². The van der Waals surface area contributed by atoms with Gasteiger partial charge in [0.1, 0.15) is 0 Å². The Labute approximate surface area is 493 Å². The lowest BCUT2D eigenvalue weighted by atomic mass is 9.78. The fourth-order valence-corrected chi connectivity index (χ4v) is 9.90. The number of aryl methyl sites for hydroxylation is 4. The lowest BCUT2D eigenvalue weighted by Gasteiger charge is -2.32. The first kappa shape index (κ1) is 56.2. The highest BCUT2D eigenvalue weighted by Crippen LogP contribution is 2.39. The Bertz CT molecular complexity index is 3390. The van der Waals surface area contributed by atoms with E-state index in [-0.39, 0.29) is 18.3 Å². The molecule has 78 heavy (non-hydrogen) atoms. The molecular formula is C70H64BBr2IN2O2. The van der Waals surface area contributed by atoms with Gasteiger partial charge in [-0.15, -0.1) is 0 Å². The average Bonchev–Trinajstić information content (AvgIpc) is 3.89. The van der Waals surface area contributed by atoms with Gasteiger partial charge in [0.2, 0.25) is 0 Å². The molecule has 1 aliphatic heterocycles. The van der Waals surface area contributed by atoms with E-state index in [2.05, 4.69) is 350 Å². The molecule has 10 aromatic carbocycles. The van der Waals surface area contributed by atoms with Crippen molar-refractivity contribution in [2.45, 2.75) is 66.6 Å². The third kappa shape index (κ3) is 14.0. The fourth-order valence-electron chi connectivity index (χ4n) is 9.01. The zero-order chi connectivity index (χ0) is 55.0. The van der Waals surface area contributed by atoms with Gasteiger partial charge in [0.15, 0.2) is 0 Å². The summed E-state index contributed by atoms with van der Waals surface area (Å²) < 4.78 is 15.9. The molecule has 0 N–H and O–H groups in total. The van der Waals surface area contributed by atoms with E-state index in [9.17, 15) is 0 Å². The summed E-state index contributed by atoms with van der Waals surface area (Å²) in [4.78, 5) is 4.60. The fraction of sp³-hybridized carbons (Fsp3) is 0.143. The van der Waals surface area contributed by atoms with E-state index in [0.717, 1.165) is 48.5 Å². The Morgan fingerprint density at radius 2 is 0.513 bits per heavy atom. The molecule has 0 radical (unpaired) electrons. The largest absolute Gasteiger partial charge is 0.494 e. The SMILES string of the molecule is Brc1ccc(I)cc1.Cc1ccc(N(c2ccc(C)cc2)c2ccc(-c3ccc(-c4ccc(Br)cc4)cc3)cc2)cc1.Cc1ccc(N(c2ccc(C)cc2)c2ccc(-c3ccc(B4OC(C)(C)C(C)(C)O4)cc3)cc2)cc1. The molecule has 0 saturated carbocycles. The van der Waals surface area contributed by atoms with E-state index in [1.165, 1.54) is 59.2 Å². The average molecular weight is 1260 g/mol. The molecule has 390 valence electrons. The van der Waals surface area contributed by atoms with Gasteiger partial charge in [0.05, 0.1) is 11.2 Å². The van der Waals surface area contributed by atoms with Crippen LogP contribution in [0.1, 0.15) is 49.9 Å². The highest BCUT2D eigenvalue weighted by Gasteiger charge is 2.51. The molecular weight excluding hydrogens is 1200 g/mol. The van der Waals surface area contributed by atoms with Crippen LogP contribution in [-0.4, -0.2) is 18.3 Å². The molecule has 11 rings (SSSR count). The number of benzene rings is 10. The molecule has 1 fully saturated rings. The Kier molecular flexibility index (Phi) is 18.1. The zero-order valence-corrected chi connectivity index (χ0v) is 50.8. The van der Waals surface area contributed by atoms with Crippen molar-refractivity contribution in [1.82, 2.24) is 0 Å². The third-order valence-corrected chi connectivity index (χ3v) is 16.2. The molecule has 0 bridgehead atoms. The van der Waals surface area contributed by atoms with E-state index in [0.29, 0.717) is 0 Å². The van der Waals surface area contributed by atoms with Gasteiger partial charge in [-0.25, -0.2) is 0 Å². The summed E-state index contributed by atoms with van der Waals surface area (Å²) in [6.07, 6.45) is 0. The van der Waals surface area contributed by atoms with Gasteiger partial charge in [0, 0.05) is 46.6 Å². The maximum atomic E-state index is 6.21. The van der Waals surface area contributed by atoms with Crippen LogP contribution in [0.15, 0.2) is 252 Å². The first-order valence-corrected chi connectivity index (χ1v) is 29.0. The lowest BCUT2D eigenvalue weighted by Crippen LogP contribution is -2.41. The number of anilines is 6. The van der Waals surface area contributed by atoms with Crippen molar-refractivity contribution < 1.29 is 9.31 Å². The van der Waals surface area contributed by atoms with Gasteiger partial charge >= 0.3 is 7.12 Å². The van der Waals surface area contributed by atoms with Crippen LogP contribution in [-0.2, 0) is 9.31 Å². The molecule has 10 aromatic rings. The number of rotatable bonds is 10. The van der Waals surface area contributed by atoms with Crippen LogP contribution in [0.2, 0.25) is 0 Å². The van der Waals surface area contributed by atoms with Crippen LogP contribution < -0.4 is 15.3 Å². The maximum absolute atomic E-state index is 6.21. The summed E-state index contributed by atoms with van der Waals surface area (Å²) in [6, 6.07) is 86.2. The molecule has 8 heteroatoms. The van der Waals surface area contributed by atoms with Crippen LogP contribution >= 0.6 is 54.5 Å². The van der Waals surface area contributed by atoms with Crippen molar-refractivity contribution in [2.75, 3.05) is 9.80 Å². The summed E-state index contributed by atoms with van der Waals surface area (Å²) in [5.74, 6) is 0. The quantitative estimate of drug-likeness (QED) is 0.101. The van der Waals surface area contributed by atoms with Gasteiger partial charge in [-0.05, 0) is 226 Å². The number of hydrogen-bond acceptors (Lipinski definition) is 4. The number of hydrogen-bond donors (Lipinski definition) is 0. The van der Waals surface area contributed by atoms with Crippen LogP contribution in [0.25, 0.3) is 33.4 Å². The van der Waals surface area contributed by atoms with Crippen LogP contribution in [0.5, 0.6) is 0 Å². The molecule has 0 amide bonds. The van der Waals surface area contributed by atoms with Crippen molar-refractivity contribution in [2.24, 2.45) is 0 Å². The highest BCUT2D eigenvalue weighted by atomic mass is 127. The second-order valence-electron chi connectivity index (χ2n) is 20.8. The number of halogens is 3. The van der Waals surface area contributed by atoms with Crippen molar-refractivity contribution in [3.05, 3.63) is 277 Å². The van der Waals surface area contributed by atoms with Crippen LogP contribution in [0, 0.1) is 31.3 Å². The number of nitrogens with zero attached hydrogens (tertiary/aromatic N) is 2. The van der Waals surface area contributed by atoms with Crippen LogP contribution in [0.3, 0.4) is 0 Å². The van der Waals surface area contributed by atoms with Gasteiger partial charge in [-0.2, -0.15) is 0 Å². The minimum atomic E-state index is -0.344. The molecule has 1 heterocycles. The summed E-state index contributed by atoms with van der Waals surface area (Å²) in [5.41, 5.74) is 19.4. The van der Waals surface area contributed by atoms with Gasteiger partial charge in [-0.3, -0.25) is 0 Å². The molecule has 0 spiro atoms. The molecule has 4 nitrogen and oxygen atoms in total. The summed E-state index contributed by atoms with van der Waals surface area (Å²) >= 11 is 9.13. The Balaban J connectivity index is 0.000000166. The molecule has 1 saturated heterocycles. The minimum absolute atomic E-state index is 0.340. The normalized spacial score (nSPS) is 13.1. The maximum Gasteiger partial charge on any atom is 0.494 e. The van der Waals surface area contributed by atoms with E-state index in [1.807, 2.05) is 12.1 Å². The van der Waals surface area contributed by atoms with Crippen molar-refractivity contribution >= 4 is 101 Å². The van der Waals surface area contributed by atoms with Crippen molar-refractivity contribution in [1.29, 1.82) is 0 Å². The van der Waals surface area contributed by atoms with E-state index >= 15 is 0 Å². The highest BCUT2D eigenvalue weighted by molar-refractivity contribution is 14.1. The third-order valence-electron chi connectivity index (χ3n) is 14.4.